The van der Waals surface area contributed by atoms with Gasteiger partial charge in [0.15, 0.2) is 6.40 Å². The lowest BCUT2D eigenvalue weighted by atomic mass is 10.1. The van der Waals surface area contributed by atoms with Gasteiger partial charge >= 0.3 is 0 Å². The van der Waals surface area contributed by atoms with Crippen molar-refractivity contribution < 1.29 is 9.47 Å². The SMILES string of the molecule is C=C(CC(C)Oc1cc(-c2cnc(C)nc2)ccc1C#N)OC=NC.C=C/C(C)=C\N(C)N. The van der Waals surface area contributed by atoms with Crippen LogP contribution in [0.2, 0.25) is 0 Å². The Balaban J connectivity index is 0.000000582. The smallest absolute Gasteiger partial charge is 0.175 e. The number of hydrazine groups is 1. The van der Waals surface area contributed by atoms with Crippen molar-refractivity contribution in [2.75, 3.05) is 14.1 Å². The summed E-state index contributed by atoms with van der Waals surface area (Å²) in [5.41, 5.74) is 3.27. The van der Waals surface area contributed by atoms with E-state index in [1.54, 1.807) is 44.8 Å². The summed E-state index contributed by atoms with van der Waals surface area (Å²) >= 11 is 0. The molecule has 1 atom stereocenters. The molecule has 0 aliphatic heterocycles. The first-order chi connectivity index (χ1) is 15.7. The molecular weight excluding hydrogens is 416 g/mol. The van der Waals surface area contributed by atoms with Gasteiger partial charge in [-0.05, 0) is 44.0 Å². The molecule has 0 spiro atoms. The van der Waals surface area contributed by atoms with E-state index < -0.39 is 0 Å². The summed E-state index contributed by atoms with van der Waals surface area (Å²) in [6.07, 6.45) is 8.64. The van der Waals surface area contributed by atoms with Crippen molar-refractivity contribution in [2.45, 2.75) is 33.3 Å². The van der Waals surface area contributed by atoms with Crippen molar-refractivity contribution in [2.24, 2.45) is 10.8 Å². The molecule has 0 saturated carbocycles. The van der Waals surface area contributed by atoms with Gasteiger partial charge in [-0.1, -0.05) is 25.3 Å². The number of nitriles is 1. The Morgan fingerprint density at radius 3 is 2.52 bits per heavy atom. The van der Waals surface area contributed by atoms with Crippen molar-refractivity contribution in [3.05, 3.63) is 78.7 Å². The Morgan fingerprint density at radius 1 is 1.33 bits per heavy atom. The quantitative estimate of drug-likeness (QED) is 0.150. The number of hydrogen-bond acceptors (Lipinski definition) is 8. The number of rotatable bonds is 9. The molecule has 8 nitrogen and oxygen atoms in total. The van der Waals surface area contributed by atoms with E-state index in [-0.39, 0.29) is 6.10 Å². The molecule has 8 heteroatoms. The van der Waals surface area contributed by atoms with Gasteiger partial charge in [-0.25, -0.2) is 15.8 Å². The second-order valence-corrected chi connectivity index (χ2v) is 7.24. The number of aliphatic imine (C=N–C) groups is 1. The Labute approximate surface area is 196 Å². The summed E-state index contributed by atoms with van der Waals surface area (Å²) < 4.78 is 11.1. The second kappa shape index (κ2) is 14.2. The largest absolute Gasteiger partial charge is 0.489 e. The highest BCUT2D eigenvalue weighted by molar-refractivity contribution is 5.65. The van der Waals surface area contributed by atoms with E-state index in [0.717, 1.165) is 16.7 Å². The topological polar surface area (TPSA) is 110 Å². The van der Waals surface area contributed by atoms with Crippen LogP contribution >= 0.6 is 0 Å². The molecule has 1 unspecified atom stereocenters. The summed E-state index contributed by atoms with van der Waals surface area (Å²) in [5.74, 6) is 7.03. The summed E-state index contributed by atoms with van der Waals surface area (Å²) in [5, 5.41) is 10.8. The van der Waals surface area contributed by atoms with Crippen LogP contribution in [0.3, 0.4) is 0 Å². The average Bonchev–Trinajstić information content (AvgIpc) is 2.78. The first kappa shape index (κ1) is 27.1. The fourth-order valence-corrected chi connectivity index (χ4v) is 2.56. The maximum Gasteiger partial charge on any atom is 0.175 e. The van der Waals surface area contributed by atoms with Gasteiger partial charge in [-0.15, -0.1) is 0 Å². The van der Waals surface area contributed by atoms with Crippen molar-refractivity contribution in [3.63, 3.8) is 0 Å². The number of nitrogens with zero attached hydrogens (tertiary/aromatic N) is 5. The fraction of sp³-hybridized carbons (Fsp3) is 0.280. The molecule has 0 bridgehead atoms. The zero-order valence-electron chi connectivity index (χ0n) is 19.9. The number of aryl methyl sites for hydroxylation is 1. The minimum atomic E-state index is -0.214. The molecule has 1 heterocycles. The monoisotopic (exact) mass is 448 g/mol. The van der Waals surface area contributed by atoms with Crippen molar-refractivity contribution in [1.82, 2.24) is 15.0 Å². The normalized spacial score (nSPS) is 11.6. The van der Waals surface area contributed by atoms with Gasteiger partial charge in [0.1, 0.15) is 29.5 Å². The van der Waals surface area contributed by atoms with Crippen LogP contribution in [-0.4, -0.2) is 41.6 Å². The molecule has 1 aromatic heterocycles. The van der Waals surface area contributed by atoms with Crippen LogP contribution in [0.4, 0.5) is 0 Å². The molecule has 174 valence electrons. The minimum Gasteiger partial charge on any atom is -0.489 e. The van der Waals surface area contributed by atoms with E-state index >= 15 is 0 Å². The molecule has 0 saturated heterocycles. The van der Waals surface area contributed by atoms with E-state index in [4.69, 9.17) is 15.3 Å². The molecule has 2 N–H and O–H groups in total. The van der Waals surface area contributed by atoms with Gasteiger partial charge in [-0.3, -0.25) is 4.99 Å². The Morgan fingerprint density at radius 2 is 2.00 bits per heavy atom. The summed E-state index contributed by atoms with van der Waals surface area (Å²) in [6, 6.07) is 7.54. The lowest BCUT2D eigenvalue weighted by molar-refractivity contribution is 0.204. The molecule has 0 aliphatic carbocycles. The highest BCUT2D eigenvalue weighted by Gasteiger charge is 2.12. The first-order valence-electron chi connectivity index (χ1n) is 10.2. The van der Waals surface area contributed by atoms with E-state index in [9.17, 15) is 5.26 Å². The Kier molecular flexibility index (Phi) is 11.6. The van der Waals surface area contributed by atoms with Crippen LogP contribution in [0.15, 0.2) is 72.4 Å². The number of nitrogens with two attached hydrogens (primary N) is 1. The van der Waals surface area contributed by atoms with Crippen LogP contribution in [0.1, 0.15) is 31.7 Å². The zero-order valence-corrected chi connectivity index (χ0v) is 19.9. The number of benzene rings is 1. The highest BCUT2D eigenvalue weighted by Crippen LogP contribution is 2.28. The molecule has 2 aromatic rings. The molecule has 2 rings (SSSR count). The van der Waals surface area contributed by atoms with Gasteiger partial charge in [0.25, 0.3) is 0 Å². The molecule has 33 heavy (non-hydrogen) atoms. The van der Waals surface area contributed by atoms with Gasteiger partial charge < -0.3 is 14.5 Å². The number of allylic oxidation sites excluding steroid dienone is 2. The molecular formula is C25H32N6O2. The molecule has 0 radical (unpaired) electrons. The third-order valence-electron chi connectivity index (χ3n) is 4.11. The third-order valence-corrected chi connectivity index (χ3v) is 4.11. The molecule has 1 aromatic carbocycles. The van der Waals surface area contributed by atoms with Gasteiger partial charge in [-0.2, -0.15) is 5.26 Å². The highest BCUT2D eigenvalue weighted by atomic mass is 16.5. The van der Waals surface area contributed by atoms with Crippen LogP contribution in [0, 0.1) is 18.3 Å². The lowest BCUT2D eigenvalue weighted by Gasteiger charge is -2.17. The van der Waals surface area contributed by atoms with Gasteiger partial charge in [0.2, 0.25) is 0 Å². The standard InChI is InChI=1S/C19H20N4O2.C6H12N2/c1-13(24-12-21-4)7-14(2)25-19-8-16(5-6-17(19)9-20)18-10-22-15(3)23-11-18;1-4-6(2)5-8(3)7/h5-6,8,10-12,14H,1,7H2,2-4H3;4-5H,1,7H2,2-3H3/b;6-5-. The average molecular weight is 449 g/mol. The maximum absolute atomic E-state index is 9.31. The maximum atomic E-state index is 9.31. The molecule has 0 amide bonds. The van der Waals surface area contributed by atoms with Gasteiger partial charge in [0.05, 0.1) is 5.56 Å². The third kappa shape index (κ3) is 10.3. The van der Waals surface area contributed by atoms with E-state index in [2.05, 4.69) is 34.2 Å². The predicted molar refractivity (Wildman–Crippen MR) is 132 cm³/mol. The summed E-state index contributed by atoms with van der Waals surface area (Å²) in [4.78, 5) is 12.1. The minimum absolute atomic E-state index is 0.214. The van der Waals surface area contributed by atoms with Crippen LogP contribution in [0.25, 0.3) is 11.1 Å². The molecule has 0 fully saturated rings. The predicted octanol–water partition coefficient (Wildman–Crippen LogP) is 4.55. The van der Waals surface area contributed by atoms with Crippen LogP contribution in [-0.2, 0) is 4.74 Å². The summed E-state index contributed by atoms with van der Waals surface area (Å²) in [6.45, 7) is 13.0. The fourth-order valence-electron chi connectivity index (χ4n) is 2.56. The van der Waals surface area contributed by atoms with Crippen LogP contribution in [0.5, 0.6) is 5.75 Å². The lowest BCUT2D eigenvalue weighted by Crippen LogP contribution is -2.18. The van der Waals surface area contributed by atoms with Crippen molar-refractivity contribution in [1.29, 1.82) is 5.26 Å². The van der Waals surface area contributed by atoms with Crippen LogP contribution < -0.4 is 10.6 Å². The number of aromatic nitrogens is 2. The number of ether oxygens (including phenoxy) is 2. The van der Waals surface area contributed by atoms with Crippen molar-refractivity contribution in [3.8, 4) is 22.9 Å². The Hall–Kier alpha value is -3.96. The van der Waals surface area contributed by atoms with E-state index in [1.807, 2.05) is 32.9 Å². The Bertz CT molecular complexity index is 1020. The summed E-state index contributed by atoms with van der Waals surface area (Å²) in [7, 11) is 3.39. The van der Waals surface area contributed by atoms with E-state index in [0.29, 0.717) is 29.3 Å². The second-order valence-electron chi connectivity index (χ2n) is 7.24. The number of hydrogen-bond donors (Lipinski definition) is 1. The molecule has 0 aliphatic rings. The van der Waals surface area contributed by atoms with Gasteiger partial charge in [0, 0.05) is 44.7 Å². The van der Waals surface area contributed by atoms with Crippen molar-refractivity contribution >= 4 is 6.40 Å². The first-order valence-corrected chi connectivity index (χ1v) is 10.2. The zero-order chi connectivity index (χ0) is 24.8. The van der Waals surface area contributed by atoms with E-state index in [1.165, 1.54) is 11.4 Å².